The van der Waals surface area contributed by atoms with Crippen LogP contribution in [-0.4, -0.2) is 40.7 Å². The number of fused-ring (bicyclic) bond motifs is 1. The minimum absolute atomic E-state index is 0.165. The second-order valence-electron chi connectivity index (χ2n) is 8.17. The predicted octanol–water partition coefficient (Wildman–Crippen LogP) is 4.52. The Balaban J connectivity index is 1.74. The number of aromatic nitrogens is 4. The summed E-state index contributed by atoms with van der Waals surface area (Å²) in [5.74, 6) is 1.91. The van der Waals surface area contributed by atoms with Gasteiger partial charge in [-0.1, -0.05) is 48.5 Å². The molecule has 5 aromatic rings. The number of hydrogen-bond donors (Lipinski definition) is 0. The van der Waals surface area contributed by atoms with Gasteiger partial charge in [-0.15, -0.1) is 0 Å². The van der Waals surface area contributed by atoms with Gasteiger partial charge < -0.3 is 14.2 Å². The molecule has 0 radical (unpaired) electrons. The number of aryl methyl sites for hydroxylation is 1. The molecular weight excluding hydrogens is 456 g/mol. The third-order valence-corrected chi connectivity index (χ3v) is 6.08. The monoisotopic (exact) mass is 482 g/mol. The number of rotatable bonds is 8. The molecule has 3 aromatic carbocycles. The van der Waals surface area contributed by atoms with Crippen molar-refractivity contribution in [3.63, 3.8) is 0 Å². The molecule has 0 atom stereocenters. The fraction of sp³-hybridized carbons (Fsp3) is 0.179. The SMILES string of the molecule is COc1cc(-c2nc3c(cnn3-c3ccccc3)c(=O)n2CCc2ccccc2)cc(OC)c1OC. The topological polar surface area (TPSA) is 80.4 Å². The lowest BCUT2D eigenvalue weighted by Gasteiger charge is -2.17. The summed E-state index contributed by atoms with van der Waals surface area (Å²) in [4.78, 5) is 18.8. The highest BCUT2D eigenvalue weighted by atomic mass is 16.5. The molecule has 0 spiro atoms. The fourth-order valence-electron chi connectivity index (χ4n) is 4.28. The van der Waals surface area contributed by atoms with Crippen molar-refractivity contribution in [3.05, 3.63) is 94.9 Å². The summed E-state index contributed by atoms with van der Waals surface area (Å²) in [7, 11) is 4.67. The molecule has 0 bridgehead atoms. The van der Waals surface area contributed by atoms with Crippen LogP contribution >= 0.6 is 0 Å². The van der Waals surface area contributed by atoms with Gasteiger partial charge in [-0.3, -0.25) is 9.36 Å². The van der Waals surface area contributed by atoms with Crippen molar-refractivity contribution in [1.82, 2.24) is 19.3 Å². The Labute approximate surface area is 208 Å². The maximum atomic E-state index is 13.8. The standard InChI is InChI=1S/C28H26N4O4/c1-34-23-16-20(17-24(35-2)25(23)36-3)26-30-27-22(18-29-32(27)21-12-8-5-9-13-21)28(33)31(26)15-14-19-10-6-4-7-11-19/h4-13,16-18H,14-15H2,1-3H3. The van der Waals surface area contributed by atoms with E-state index >= 15 is 0 Å². The third-order valence-electron chi connectivity index (χ3n) is 6.08. The first-order valence-corrected chi connectivity index (χ1v) is 11.5. The van der Waals surface area contributed by atoms with E-state index in [1.165, 1.54) is 0 Å². The maximum absolute atomic E-state index is 13.8. The molecule has 0 saturated heterocycles. The second-order valence-corrected chi connectivity index (χ2v) is 8.17. The largest absolute Gasteiger partial charge is 0.493 e. The highest BCUT2D eigenvalue weighted by Crippen LogP contribution is 2.41. The Morgan fingerprint density at radius 3 is 2.08 bits per heavy atom. The van der Waals surface area contributed by atoms with Crippen LogP contribution in [0.5, 0.6) is 17.2 Å². The van der Waals surface area contributed by atoms with E-state index in [0.717, 1.165) is 11.3 Å². The second kappa shape index (κ2) is 9.95. The van der Waals surface area contributed by atoms with Crippen molar-refractivity contribution < 1.29 is 14.2 Å². The minimum Gasteiger partial charge on any atom is -0.493 e. The smallest absolute Gasteiger partial charge is 0.264 e. The summed E-state index contributed by atoms with van der Waals surface area (Å²) in [6, 6.07) is 23.3. The lowest BCUT2D eigenvalue weighted by atomic mass is 10.1. The van der Waals surface area contributed by atoms with Crippen molar-refractivity contribution in [2.24, 2.45) is 0 Å². The number of methoxy groups -OCH3 is 3. The lowest BCUT2D eigenvalue weighted by Crippen LogP contribution is -2.24. The van der Waals surface area contributed by atoms with Gasteiger partial charge in [0.05, 0.1) is 33.2 Å². The summed E-state index contributed by atoms with van der Waals surface area (Å²) in [6.07, 6.45) is 2.24. The van der Waals surface area contributed by atoms with Crippen LogP contribution in [0.1, 0.15) is 5.56 Å². The van der Waals surface area contributed by atoms with E-state index in [-0.39, 0.29) is 5.56 Å². The van der Waals surface area contributed by atoms with Gasteiger partial charge in [0.1, 0.15) is 11.2 Å². The zero-order valence-electron chi connectivity index (χ0n) is 20.3. The van der Waals surface area contributed by atoms with Crippen LogP contribution in [0.4, 0.5) is 0 Å². The van der Waals surface area contributed by atoms with Crippen LogP contribution in [0.25, 0.3) is 28.1 Å². The molecule has 182 valence electrons. The van der Waals surface area contributed by atoms with Gasteiger partial charge >= 0.3 is 0 Å². The number of benzene rings is 3. The molecule has 0 amide bonds. The van der Waals surface area contributed by atoms with E-state index in [0.29, 0.717) is 52.6 Å². The molecule has 36 heavy (non-hydrogen) atoms. The van der Waals surface area contributed by atoms with Gasteiger partial charge in [-0.05, 0) is 36.2 Å². The lowest BCUT2D eigenvalue weighted by molar-refractivity contribution is 0.324. The summed E-state index contributed by atoms with van der Waals surface area (Å²) in [5, 5.41) is 4.93. The minimum atomic E-state index is -0.165. The normalized spacial score (nSPS) is 11.0. The Bertz CT molecular complexity index is 1530. The highest BCUT2D eigenvalue weighted by molar-refractivity contribution is 5.78. The van der Waals surface area contributed by atoms with Gasteiger partial charge in [0.25, 0.3) is 5.56 Å². The first-order chi connectivity index (χ1) is 17.6. The van der Waals surface area contributed by atoms with Crippen molar-refractivity contribution in [2.75, 3.05) is 21.3 Å². The molecule has 5 rings (SSSR count). The number of hydrogen-bond acceptors (Lipinski definition) is 6. The van der Waals surface area contributed by atoms with E-state index in [2.05, 4.69) is 5.10 Å². The van der Waals surface area contributed by atoms with Gasteiger partial charge in [0, 0.05) is 12.1 Å². The highest BCUT2D eigenvalue weighted by Gasteiger charge is 2.21. The van der Waals surface area contributed by atoms with Gasteiger partial charge in [0.15, 0.2) is 17.1 Å². The molecule has 0 aliphatic rings. The molecule has 8 heteroatoms. The fourth-order valence-corrected chi connectivity index (χ4v) is 4.28. The molecule has 0 unspecified atom stereocenters. The first kappa shape index (κ1) is 23.2. The van der Waals surface area contributed by atoms with E-state index in [9.17, 15) is 4.79 Å². The molecular formula is C28H26N4O4. The zero-order valence-corrected chi connectivity index (χ0v) is 20.3. The van der Waals surface area contributed by atoms with E-state index in [1.54, 1.807) is 48.9 Å². The molecule has 0 aliphatic heterocycles. The van der Waals surface area contributed by atoms with E-state index in [4.69, 9.17) is 19.2 Å². The molecule has 0 N–H and O–H groups in total. The average Bonchev–Trinajstić information content (AvgIpc) is 3.37. The molecule has 8 nitrogen and oxygen atoms in total. The van der Waals surface area contributed by atoms with Crippen molar-refractivity contribution in [2.45, 2.75) is 13.0 Å². The maximum Gasteiger partial charge on any atom is 0.264 e. The number of nitrogens with zero attached hydrogens (tertiary/aromatic N) is 4. The Morgan fingerprint density at radius 1 is 0.833 bits per heavy atom. The number of ether oxygens (including phenoxy) is 3. The number of para-hydroxylation sites is 1. The molecule has 0 fully saturated rings. The predicted molar refractivity (Wildman–Crippen MR) is 138 cm³/mol. The first-order valence-electron chi connectivity index (χ1n) is 11.5. The molecule has 0 saturated carbocycles. The average molecular weight is 483 g/mol. The van der Waals surface area contributed by atoms with Crippen molar-refractivity contribution >= 4 is 11.0 Å². The van der Waals surface area contributed by atoms with E-state index < -0.39 is 0 Å². The van der Waals surface area contributed by atoms with Crippen LogP contribution in [0.15, 0.2) is 83.8 Å². The Morgan fingerprint density at radius 2 is 1.47 bits per heavy atom. The van der Waals surface area contributed by atoms with Crippen LogP contribution < -0.4 is 19.8 Å². The zero-order chi connectivity index (χ0) is 25.1. The quantitative estimate of drug-likeness (QED) is 0.324. The summed E-state index contributed by atoms with van der Waals surface area (Å²) < 4.78 is 20.0. The Kier molecular flexibility index (Phi) is 6.40. The Hall–Kier alpha value is -4.59. The van der Waals surface area contributed by atoms with Crippen LogP contribution in [0, 0.1) is 0 Å². The summed E-state index contributed by atoms with van der Waals surface area (Å²) in [6.45, 7) is 0.439. The van der Waals surface area contributed by atoms with E-state index in [1.807, 2.05) is 60.7 Å². The van der Waals surface area contributed by atoms with Crippen LogP contribution in [-0.2, 0) is 13.0 Å². The van der Waals surface area contributed by atoms with Crippen LogP contribution in [0.2, 0.25) is 0 Å². The molecule has 2 aromatic heterocycles. The van der Waals surface area contributed by atoms with Gasteiger partial charge in [0.2, 0.25) is 5.75 Å². The van der Waals surface area contributed by atoms with Gasteiger partial charge in [-0.2, -0.15) is 5.10 Å². The van der Waals surface area contributed by atoms with Crippen molar-refractivity contribution in [3.8, 4) is 34.3 Å². The molecule has 2 heterocycles. The summed E-state index contributed by atoms with van der Waals surface area (Å²) >= 11 is 0. The third kappa shape index (κ3) is 4.17. The summed E-state index contributed by atoms with van der Waals surface area (Å²) in [5.41, 5.74) is 2.92. The molecule has 0 aliphatic carbocycles. The van der Waals surface area contributed by atoms with Crippen LogP contribution in [0.3, 0.4) is 0 Å². The van der Waals surface area contributed by atoms with Crippen molar-refractivity contribution in [1.29, 1.82) is 0 Å². The van der Waals surface area contributed by atoms with Gasteiger partial charge in [-0.25, -0.2) is 9.67 Å².